The summed E-state index contributed by atoms with van der Waals surface area (Å²) in [6.45, 7) is 0. The molecule has 2 heterocycles. The Morgan fingerprint density at radius 3 is 3.07 bits per heavy atom. The lowest BCUT2D eigenvalue weighted by atomic mass is 10.3. The van der Waals surface area contributed by atoms with Gasteiger partial charge in [-0.15, -0.1) is 11.3 Å². The monoisotopic (exact) mass is 250 g/mol. The van der Waals surface area contributed by atoms with E-state index >= 15 is 0 Å². The van der Waals surface area contributed by atoms with Crippen molar-refractivity contribution < 1.29 is 9.13 Å². The van der Waals surface area contributed by atoms with Crippen LogP contribution in [0.2, 0.25) is 4.34 Å². The number of aliphatic imine (C=N–C) groups is 1. The molecule has 1 aliphatic rings. The van der Waals surface area contributed by atoms with Gasteiger partial charge in [0.1, 0.15) is 10.1 Å². The Bertz CT molecular complexity index is 468. The molecule has 0 aliphatic carbocycles. The maximum Gasteiger partial charge on any atom is 0.308 e. The van der Waals surface area contributed by atoms with E-state index in [2.05, 4.69) is 4.99 Å². The van der Waals surface area contributed by atoms with Gasteiger partial charge in [0.05, 0.1) is 21.3 Å². The Labute approximate surface area is 90.0 Å². The zero-order valence-electron chi connectivity index (χ0n) is 6.60. The van der Waals surface area contributed by atoms with E-state index in [1.165, 1.54) is 6.21 Å². The third-order valence-electron chi connectivity index (χ3n) is 1.65. The minimum atomic E-state index is -1.29. The summed E-state index contributed by atoms with van der Waals surface area (Å²) < 4.78 is 11.9. The molecule has 0 aromatic carbocycles. The van der Waals surface area contributed by atoms with Crippen LogP contribution in [0.4, 0.5) is 5.69 Å². The fourth-order valence-electron chi connectivity index (χ4n) is 1.10. The van der Waals surface area contributed by atoms with Crippen molar-refractivity contribution in [1.82, 2.24) is 0 Å². The zero-order chi connectivity index (χ0) is 10.3. The van der Waals surface area contributed by atoms with Gasteiger partial charge < -0.3 is 0 Å². The number of hydrogen-bond acceptors (Lipinski definition) is 5. The number of nitro groups is 1. The van der Waals surface area contributed by atoms with E-state index in [4.69, 9.17) is 11.6 Å². The van der Waals surface area contributed by atoms with Gasteiger partial charge >= 0.3 is 5.69 Å². The highest BCUT2D eigenvalue weighted by Crippen LogP contribution is 2.41. The minimum absolute atomic E-state index is 0.0571. The van der Waals surface area contributed by atoms with Crippen molar-refractivity contribution in [2.24, 2.45) is 4.99 Å². The second-order valence-electron chi connectivity index (χ2n) is 2.47. The molecule has 0 amide bonds. The summed E-state index contributed by atoms with van der Waals surface area (Å²) in [5.41, 5.74) is 0.0954. The van der Waals surface area contributed by atoms with Gasteiger partial charge in [-0.1, -0.05) is 11.6 Å². The Morgan fingerprint density at radius 2 is 2.43 bits per heavy atom. The largest absolute Gasteiger partial charge is 0.308 e. The molecule has 0 fully saturated rings. The Morgan fingerprint density at radius 1 is 1.71 bits per heavy atom. The number of rotatable bonds is 1. The van der Waals surface area contributed by atoms with Crippen LogP contribution in [-0.2, 0) is 10.8 Å². The van der Waals surface area contributed by atoms with E-state index in [0.717, 1.165) is 11.3 Å². The Kier molecular flexibility index (Phi) is 2.38. The molecule has 1 unspecified atom stereocenters. The second-order valence-corrected chi connectivity index (χ2v) is 5.71. The van der Waals surface area contributed by atoms with Crippen LogP contribution in [0, 0.1) is 10.1 Å². The predicted octanol–water partition coefficient (Wildman–Crippen LogP) is 1.81. The average Bonchev–Trinajstić information content (AvgIpc) is 2.42. The maximum absolute atomic E-state index is 11.4. The van der Waals surface area contributed by atoms with Crippen LogP contribution in [-0.4, -0.2) is 21.2 Å². The minimum Gasteiger partial charge on any atom is -0.278 e. The van der Waals surface area contributed by atoms with Crippen LogP contribution in [0.15, 0.2) is 9.20 Å². The fraction of sp³-hybridized carbons (Fsp3) is 0.167. The van der Waals surface area contributed by atoms with Gasteiger partial charge in [0.15, 0.2) is 4.34 Å². The fourth-order valence-corrected chi connectivity index (χ4v) is 3.84. The summed E-state index contributed by atoms with van der Waals surface area (Å²) in [7, 11) is -1.29. The molecule has 0 spiro atoms. The number of nitrogens with zero attached hydrogens (tertiary/aromatic N) is 2. The Hall–Kier alpha value is -0.790. The standard InChI is InChI=1S/C6H3ClN2O3S2/c7-5-4(9(10)11)3-1-8-2-14(12)6(3)13-5/h1H,2H2. The highest BCUT2D eigenvalue weighted by Gasteiger charge is 2.29. The lowest BCUT2D eigenvalue weighted by Crippen LogP contribution is -2.04. The third-order valence-corrected chi connectivity index (χ3v) is 4.66. The lowest BCUT2D eigenvalue weighted by molar-refractivity contribution is -0.384. The van der Waals surface area contributed by atoms with Crippen LogP contribution in [0.5, 0.6) is 0 Å². The first-order chi connectivity index (χ1) is 6.61. The van der Waals surface area contributed by atoms with Crippen LogP contribution < -0.4 is 0 Å². The first-order valence-corrected chi connectivity index (χ1v) is 5.97. The van der Waals surface area contributed by atoms with Crippen LogP contribution >= 0.6 is 22.9 Å². The van der Waals surface area contributed by atoms with Gasteiger partial charge in [-0.05, 0) is 0 Å². The smallest absolute Gasteiger partial charge is 0.278 e. The highest BCUT2D eigenvalue weighted by atomic mass is 35.5. The molecular formula is C6H3ClN2O3S2. The molecule has 5 nitrogen and oxygen atoms in total. The molecule has 0 saturated heterocycles. The molecule has 2 rings (SSSR count). The number of thiophene rings is 1. The van der Waals surface area contributed by atoms with E-state index in [1.54, 1.807) is 0 Å². The molecule has 14 heavy (non-hydrogen) atoms. The van der Waals surface area contributed by atoms with Crippen molar-refractivity contribution in [2.45, 2.75) is 4.21 Å². The van der Waals surface area contributed by atoms with Crippen LogP contribution in [0.3, 0.4) is 0 Å². The van der Waals surface area contributed by atoms with Gasteiger partial charge in [-0.25, -0.2) is 0 Å². The molecule has 0 bridgehead atoms. The molecule has 74 valence electrons. The lowest BCUT2D eigenvalue weighted by Gasteiger charge is -2.01. The van der Waals surface area contributed by atoms with Crippen molar-refractivity contribution in [3.63, 3.8) is 0 Å². The summed E-state index contributed by atoms with van der Waals surface area (Å²) >= 11 is 6.66. The third kappa shape index (κ3) is 1.37. The quantitative estimate of drug-likeness (QED) is 0.564. The number of halogens is 1. The zero-order valence-corrected chi connectivity index (χ0v) is 8.99. The SMILES string of the molecule is O=[N+]([O-])c1c(Cl)sc2c1C=NCS2=O. The van der Waals surface area contributed by atoms with Crippen molar-refractivity contribution in [1.29, 1.82) is 0 Å². The molecule has 1 aliphatic heterocycles. The van der Waals surface area contributed by atoms with Crippen LogP contribution in [0.25, 0.3) is 0 Å². The van der Waals surface area contributed by atoms with Crippen molar-refractivity contribution in [3.05, 3.63) is 20.0 Å². The van der Waals surface area contributed by atoms with E-state index < -0.39 is 15.7 Å². The first kappa shape index (κ1) is 9.75. The summed E-state index contributed by atoms with van der Waals surface area (Å²) in [6, 6.07) is 0. The van der Waals surface area contributed by atoms with Gasteiger partial charge in [-0.2, -0.15) is 0 Å². The molecule has 8 heteroatoms. The van der Waals surface area contributed by atoms with Crippen molar-refractivity contribution >= 4 is 45.6 Å². The molecule has 0 saturated carbocycles. The number of hydrogen-bond donors (Lipinski definition) is 0. The second kappa shape index (κ2) is 3.41. The van der Waals surface area contributed by atoms with Gasteiger partial charge in [0.2, 0.25) is 0 Å². The summed E-state index contributed by atoms with van der Waals surface area (Å²) in [6.07, 6.45) is 1.36. The predicted molar refractivity (Wildman–Crippen MR) is 54.9 cm³/mol. The summed E-state index contributed by atoms with van der Waals surface area (Å²) in [4.78, 5) is 13.8. The molecular weight excluding hydrogens is 248 g/mol. The summed E-state index contributed by atoms with van der Waals surface area (Å²) in [5.74, 6) is 0.154. The van der Waals surface area contributed by atoms with E-state index in [0.29, 0.717) is 4.21 Å². The van der Waals surface area contributed by atoms with Gasteiger partial charge in [0, 0.05) is 6.21 Å². The average molecular weight is 251 g/mol. The Balaban J connectivity index is 2.71. The highest BCUT2D eigenvalue weighted by molar-refractivity contribution is 7.87. The molecule has 0 N–H and O–H groups in total. The van der Waals surface area contributed by atoms with Crippen molar-refractivity contribution in [3.8, 4) is 0 Å². The van der Waals surface area contributed by atoms with Gasteiger partial charge in [0.25, 0.3) is 0 Å². The summed E-state index contributed by atoms with van der Waals surface area (Å²) in [5, 5.41) is 10.6. The maximum atomic E-state index is 11.4. The van der Waals surface area contributed by atoms with Crippen molar-refractivity contribution in [2.75, 3.05) is 5.88 Å². The van der Waals surface area contributed by atoms with Gasteiger partial charge in [-0.3, -0.25) is 19.3 Å². The molecule has 1 aromatic rings. The normalized spacial score (nSPS) is 19.4. The molecule has 1 aromatic heterocycles. The van der Waals surface area contributed by atoms with E-state index in [9.17, 15) is 14.3 Å². The molecule has 1 atom stereocenters. The van der Waals surface area contributed by atoms with E-state index in [1.807, 2.05) is 0 Å². The first-order valence-electron chi connectivity index (χ1n) is 3.46. The molecule has 0 radical (unpaired) electrons. The number of fused-ring (bicyclic) bond motifs is 1. The topological polar surface area (TPSA) is 72.6 Å². The van der Waals surface area contributed by atoms with Crippen LogP contribution in [0.1, 0.15) is 5.56 Å². The van der Waals surface area contributed by atoms with E-state index in [-0.39, 0.29) is 21.5 Å².